The number of amides is 1. The molecule has 1 amide bonds. The van der Waals surface area contributed by atoms with Crippen LogP contribution in [-0.2, 0) is 29.1 Å². The molecule has 0 aliphatic heterocycles. The Labute approximate surface area is 214 Å². The summed E-state index contributed by atoms with van der Waals surface area (Å²) < 4.78 is 37.7. The zero-order chi connectivity index (χ0) is 22.3. The first kappa shape index (κ1) is 27.5. The second-order valence-electron chi connectivity index (χ2n) is 5.97. The Balaban J connectivity index is 0.00000480. The smallest absolute Gasteiger partial charge is 0.742 e. The van der Waals surface area contributed by atoms with Crippen molar-refractivity contribution in [2.45, 2.75) is 11.3 Å². The molecule has 2 rings (SSSR count). The quantitative estimate of drug-likeness (QED) is 0.215. The van der Waals surface area contributed by atoms with Crippen LogP contribution in [0, 0.1) is 0 Å². The van der Waals surface area contributed by atoms with E-state index in [4.69, 9.17) is 33.7 Å². The van der Waals surface area contributed by atoms with Gasteiger partial charge in [-0.25, -0.2) is 8.42 Å². The number of rotatable bonds is 8. The van der Waals surface area contributed by atoms with E-state index in [0.29, 0.717) is 28.3 Å². The van der Waals surface area contributed by atoms with Crippen molar-refractivity contribution >= 4 is 45.3 Å². The van der Waals surface area contributed by atoms with Crippen LogP contribution in [0.2, 0.25) is 5.02 Å². The van der Waals surface area contributed by atoms with Gasteiger partial charge in [0, 0.05) is 18.6 Å². The molecule has 0 unspecified atom stereocenters. The van der Waals surface area contributed by atoms with E-state index >= 15 is 0 Å². The Hall–Kier alpha value is -1.56. The van der Waals surface area contributed by atoms with Gasteiger partial charge in [-0.1, -0.05) is 17.7 Å². The Morgan fingerprint density at radius 2 is 1.77 bits per heavy atom. The van der Waals surface area contributed by atoms with Crippen molar-refractivity contribution in [1.29, 1.82) is 0 Å². The molecular weight excluding hydrogens is 473 g/mol. The maximum atomic E-state index is 12.6. The van der Waals surface area contributed by atoms with Gasteiger partial charge in [-0.3, -0.25) is 14.5 Å². The molecule has 0 saturated carbocycles. The van der Waals surface area contributed by atoms with Gasteiger partial charge in [0.15, 0.2) is 0 Å². The largest absolute Gasteiger partial charge is 1.00 e. The first-order chi connectivity index (χ1) is 14.2. The molecule has 162 valence electrons. The number of hydrogen-bond acceptors (Lipinski definition) is 7. The number of carbonyl (C=O) groups is 1. The number of sulfonamides is 1. The Kier molecular flexibility index (Phi) is 11.1. The molecule has 31 heavy (non-hydrogen) atoms. The molecule has 2 N–H and O–H groups in total. The van der Waals surface area contributed by atoms with Crippen LogP contribution >= 0.6 is 11.6 Å². The number of nitrogens with one attached hydrogen (secondary N) is 2. The van der Waals surface area contributed by atoms with E-state index in [-0.39, 0.29) is 57.8 Å². The molecule has 0 saturated heterocycles. The average Bonchev–Trinajstić information content (AvgIpc) is 2.73. The zero-order valence-corrected chi connectivity index (χ0v) is 22.0. The topological polar surface area (TPSA) is 106 Å². The van der Waals surface area contributed by atoms with Gasteiger partial charge < -0.3 is 27.4 Å². The number of nitrogens with zero attached hydrogens (tertiary/aromatic N) is 1. The zero-order valence-electron chi connectivity index (χ0n) is 17.6. The normalized spacial score (nSPS) is 11.3. The molecule has 0 aliphatic rings. The molecule has 0 aromatic heterocycles. The van der Waals surface area contributed by atoms with Gasteiger partial charge in [0.2, 0.25) is 0 Å². The first-order valence-electron chi connectivity index (χ1n) is 8.67. The number of aliphatic imine (C=N–C) groups is 1. The van der Waals surface area contributed by atoms with E-state index < -0.39 is 10.0 Å². The van der Waals surface area contributed by atoms with Crippen LogP contribution < -0.4 is 49.1 Å². The minimum absolute atomic E-state index is 0. The average molecular weight is 494 g/mol. The van der Waals surface area contributed by atoms with Crippen molar-refractivity contribution in [3.63, 3.8) is 0 Å². The van der Waals surface area contributed by atoms with E-state index in [1.807, 2.05) is 0 Å². The van der Waals surface area contributed by atoms with Crippen LogP contribution in [0.3, 0.4) is 0 Å². The third-order valence-corrected chi connectivity index (χ3v) is 6.06. The monoisotopic (exact) mass is 493 g/mol. The Bertz CT molecular complexity index is 1060. The number of ether oxygens (including phenoxy) is 2. The number of methoxy groups -OCH3 is 2. The Morgan fingerprint density at radius 1 is 1.13 bits per heavy atom. The van der Waals surface area contributed by atoms with Crippen LogP contribution in [0.1, 0.15) is 15.9 Å². The van der Waals surface area contributed by atoms with Crippen molar-refractivity contribution in [3.8, 4) is 11.5 Å². The standard InChI is InChI=1S/C19H22ClN3O5S2.Na/c1-21-19(29)23-30(25,26)17-10-12(4-6-16(17)28-3)8-9-22-18(24)14-11-13(20)5-7-15(14)27-2;/h4-7,10-11H,8-9H2,1-3H3,(H,22,24)(H2,21,23,29);/q;+1/p-1. The van der Waals surface area contributed by atoms with Crippen molar-refractivity contribution in [2.24, 2.45) is 4.99 Å². The molecule has 0 bridgehead atoms. The Morgan fingerprint density at radius 3 is 2.39 bits per heavy atom. The molecule has 0 fully saturated rings. The summed E-state index contributed by atoms with van der Waals surface area (Å²) in [5.41, 5.74) is 0.984. The molecule has 0 radical (unpaired) electrons. The van der Waals surface area contributed by atoms with E-state index in [2.05, 4.69) is 15.0 Å². The third-order valence-electron chi connectivity index (χ3n) is 4.05. The maximum Gasteiger partial charge on any atom is 1.00 e. The van der Waals surface area contributed by atoms with Crippen LogP contribution in [0.5, 0.6) is 11.5 Å². The van der Waals surface area contributed by atoms with E-state index in [0.717, 1.165) is 0 Å². The summed E-state index contributed by atoms with van der Waals surface area (Å²) in [7, 11) is 0.255. The van der Waals surface area contributed by atoms with Crippen molar-refractivity contribution in [3.05, 3.63) is 52.5 Å². The number of amidine groups is 1. The minimum Gasteiger partial charge on any atom is -0.742 e. The van der Waals surface area contributed by atoms with Gasteiger partial charge in [0.1, 0.15) is 16.4 Å². The van der Waals surface area contributed by atoms with E-state index in [9.17, 15) is 13.2 Å². The van der Waals surface area contributed by atoms with Gasteiger partial charge in [-0.05, 0) is 47.5 Å². The van der Waals surface area contributed by atoms with Gasteiger partial charge in [-0.2, -0.15) is 0 Å². The van der Waals surface area contributed by atoms with Crippen molar-refractivity contribution < 1.29 is 52.2 Å². The molecule has 0 atom stereocenters. The molecule has 12 heteroatoms. The molecule has 8 nitrogen and oxygen atoms in total. The van der Waals surface area contributed by atoms with Crippen molar-refractivity contribution in [1.82, 2.24) is 10.0 Å². The maximum absolute atomic E-state index is 12.6. The first-order valence-corrected chi connectivity index (χ1v) is 10.9. The summed E-state index contributed by atoms with van der Waals surface area (Å²) in [5.74, 6) is 0.211. The van der Waals surface area contributed by atoms with Gasteiger partial charge in [0.05, 0.1) is 19.8 Å². The summed E-state index contributed by atoms with van der Waals surface area (Å²) in [6, 6.07) is 9.47. The summed E-state index contributed by atoms with van der Waals surface area (Å²) in [6.45, 7) is 0.260. The van der Waals surface area contributed by atoms with E-state index in [1.54, 1.807) is 18.2 Å². The predicted octanol–water partition coefficient (Wildman–Crippen LogP) is -0.855. The van der Waals surface area contributed by atoms with Crippen LogP contribution in [0.4, 0.5) is 0 Å². The second-order valence-corrected chi connectivity index (χ2v) is 8.44. The van der Waals surface area contributed by atoms with Crippen LogP contribution in [-0.4, -0.2) is 47.3 Å². The van der Waals surface area contributed by atoms with E-state index in [1.165, 1.54) is 39.5 Å². The summed E-state index contributed by atoms with van der Waals surface area (Å²) in [5, 5.41) is 3.02. The molecule has 0 spiro atoms. The van der Waals surface area contributed by atoms with Gasteiger partial charge >= 0.3 is 29.6 Å². The molecule has 2 aromatic carbocycles. The van der Waals surface area contributed by atoms with Gasteiger partial charge in [-0.15, -0.1) is 0 Å². The number of carbonyl (C=O) groups excluding carboxylic acids is 1. The third kappa shape index (κ3) is 7.51. The molecular formula is C19H21ClN3NaO5S2. The number of hydrogen-bond donors (Lipinski definition) is 2. The minimum atomic E-state index is -3.96. The summed E-state index contributed by atoms with van der Waals surface area (Å²) in [6.07, 6.45) is 0.379. The van der Waals surface area contributed by atoms with Crippen molar-refractivity contribution in [2.75, 3.05) is 27.8 Å². The summed E-state index contributed by atoms with van der Waals surface area (Å²) in [4.78, 5) is 16.0. The number of halogens is 1. The molecule has 2 aromatic rings. The van der Waals surface area contributed by atoms with Crippen LogP contribution in [0.25, 0.3) is 0 Å². The number of benzene rings is 2. The second kappa shape index (κ2) is 12.5. The fraction of sp³-hybridized carbons (Fsp3) is 0.263. The SMILES string of the molecule is CN=C([S-])NS(=O)(=O)c1cc(CCNC(=O)c2cc(Cl)ccc2OC)ccc1OC.[Na+]. The molecule has 0 heterocycles. The fourth-order valence-corrected chi connectivity index (χ4v) is 4.23. The predicted molar refractivity (Wildman–Crippen MR) is 118 cm³/mol. The molecule has 0 aliphatic carbocycles. The van der Waals surface area contributed by atoms with Crippen LogP contribution in [0.15, 0.2) is 46.3 Å². The fourth-order valence-electron chi connectivity index (χ4n) is 2.58. The summed E-state index contributed by atoms with van der Waals surface area (Å²) >= 11 is 10.8. The van der Waals surface area contributed by atoms with Gasteiger partial charge in [0.25, 0.3) is 15.9 Å².